The fraction of sp³-hybridized carbons (Fsp3) is 0.600. The number of ketones is 2. The van der Waals surface area contributed by atoms with Crippen molar-refractivity contribution in [1.29, 1.82) is 0 Å². The predicted octanol–water partition coefficient (Wildman–Crippen LogP) is 1.64. The number of allylic oxidation sites excluding steroid dienone is 2. The Bertz CT molecular complexity index is 286. The topological polar surface area (TPSA) is 34.1 Å². The molecule has 0 spiro atoms. The monoisotopic (exact) mass is 164 g/mol. The van der Waals surface area contributed by atoms with Gasteiger partial charge in [-0.2, -0.15) is 0 Å². The molecule has 0 radical (unpaired) electrons. The van der Waals surface area contributed by atoms with E-state index in [2.05, 4.69) is 0 Å². The molecule has 0 amide bonds. The minimum atomic E-state index is 0.213. The molecular formula is C10H12O2. The molecular weight excluding hydrogens is 152 g/mol. The highest BCUT2D eigenvalue weighted by molar-refractivity contribution is 6.11. The largest absolute Gasteiger partial charge is 0.295 e. The summed E-state index contributed by atoms with van der Waals surface area (Å²) in [7, 11) is 0. The number of hydrogen-bond donors (Lipinski definition) is 0. The van der Waals surface area contributed by atoms with E-state index in [9.17, 15) is 9.59 Å². The average molecular weight is 164 g/mol. The molecule has 0 bridgehead atoms. The van der Waals surface area contributed by atoms with Crippen molar-refractivity contribution in [2.24, 2.45) is 5.92 Å². The zero-order chi connectivity index (χ0) is 8.72. The Labute approximate surface area is 71.6 Å². The van der Waals surface area contributed by atoms with Gasteiger partial charge in [0.1, 0.15) is 0 Å². The first-order valence-electron chi connectivity index (χ1n) is 4.49. The predicted molar refractivity (Wildman–Crippen MR) is 44.7 cm³/mol. The fourth-order valence-electron chi connectivity index (χ4n) is 2.18. The summed E-state index contributed by atoms with van der Waals surface area (Å²) < 4.78 is 0. The number of Topliss-reactive ketones (excluding diaryl/α,β-unsaturated/α-hetero) is 2. The number of carbonyl (C=O) groups is 2. The molecule has 2 aliphatic rings. The highest BCUT2D eigenvalue weighted by atomic mass is 16.1. The van der Waals surface area contributed by atoms with E-state index < -0.39 is 0 Å². The van der Waals surface area contributed by atoms with Crippen LogP contribution in [0.5, 0.6) is 0 Å². The van der Waals surface area contributed by atoms with Crippen molar-refractivity contribution in [2.75, 3.05) is 0 Å². The van der Waals surface area contributed by atoms with E-state index in [0.717, 1.165) is 17.6 Å². The number of rotatable bonds is 0. The van der Waals surface area contributed by atoms with Crippen molar-refractivity contribution in [2.45, 2.75) is 32.6 Å². The summed E-state index contributed by atoms with van der Waals surface area (Å²) in [4.78, 5) is 22.7. The second-order valence-corrected chi connectivity index (χ2v) is 3.68. The van der Waals surface area contributed by atoms with Crippen LogP contribution in [0.25, 0.3) is 0 Å². The van der Waals surface area contributed by atoms with Gasteiger partial charge in [-0.3, -0.25) is 9.59 Å². The van der Waals surface area contributed by atoms with Gasteiger partial charge in [-0.25, -0.2) is 0 Å². The molecule has 0 aliphatic heterocycles. The molecule has 0 aromatic heterocycles. The number of hydrogen-bond acceptors (Lipinski definition) is 2. The summed E-state index contributed by atoms with van der Waals surface area (Å²) in [5, 5.41) is 0. The van der Waals surface area contributed by atoms with E-state index >= 15 is 0 Å². The van der Waals surface area contributed by atoms with Crippen molar-refractivity contribution in [1.82, 2.24) is 0 Å². The van der Waals surface area contributed by atoms with Crippen LogP contribution in [0.2, 0.25) is 0 Å². The molecule has 0 N–H and O–H groups in total. The van der Waals surface area contributed by atoms with Crippen LogP contribution in [-0.2, 0) is 9.59 Å². The second-order valence-electron chi connectivity index (χ2n) is 3.68. The Balaban J connectivity index is 2.45. The van der Waals surface area contributed by atoms with E-state index in [1.165, 1.54) is 0 Å². The van der Waals surface area contributed by atoms with Gasteiger partial charge >= 0.3 is 0 Å². The lowest BCUT2D eigenvalue weighted by Gasteiger charge is -2.18. The molecule has 2 heteroatoms. The van der Waals surface area contributed by atoms with Crippen LogP contribution in [0.1, 0.15) is 32.6 Å². The lowest BCUT2D eigenvalue weighted by Crippen LogP contribution is -2.17. The molecule has 0 unspecified atom stereocenters. The average Bonchev–Trinajstić information content (AvgIpc) is 2.42. The van der Waals surface area contributed by atoms with Gasteiger partial charge in [0.05, 0.1) is 0 Å². The normalized spacial score (nSPS) is 29.6. The lowest BCUT2D eigenvalue weighted by molar-refractivity contribution is -0.118. The van der Waals surface area contributed by atoms with Gasteiger partial charge in [-0.1, -0.05) is 6.92 Å². The maximum Gasteiger partial charge on any atom is 0.159 e. The Morgan fingerprint density at radius 2 is 1.83 bits per heavy atom. The van der Waals surface area contributed by atoms with Crippen molar-refractivity contribution in [3.63, 3.8) is 0 Å². The van der Waals surface area contributed by atoms with E-state index in [1.54, 1.807) is 0 Å². The summed E-state index contributed by atoms with van der Waals surface area (Å²) >= 11 is 0. The molecule has 0 heterocycles. The van der Waals surface area contributed by atoms with Crippen LogP contribution in [-0.4, -0.2) is 11.6 Å². The van der Waals surface area contributed by atoms with Gasteiger partial charge in [0, 0.05) is 24.0 Å². The van der Waals surface area contributed by atoms with Crippen LogP contribution < -0.4 is 0 Å². The highest BCUT2D eigenvalue weighted by Gasteiger charge is 2.33. The molecule has 2 aliphatic carbocycles. The second kappa shape index (κ2) is 2.54. The SMILES string of the molecule is C[C@H]1CCC(=O)C2=C1C(=O)CC2. The zero-order valence-electron chi connectivity index (χ0n) is 7.22. The van der Waals surface area contributed by atoms with Crippen molar-refractivity contribution in [3.05, 3.63) is 11.1 Å². The van der Waals surface area contributed by atoms with Crippen LogP contribution in [0.4, 0.5) is 0 Å². The van der Waals surface area contributed by atoms with Gasteiger partial charge in [-0.15, -0.1) is 0 Å². The highest BCUT2D eigenvalue weighted by Crippen LogP contribution is 2.36. The molecule has 0 aromatic rings. The third-order valence-electron chi connectivity index (χ3n) is 2.86. The minimum absolute atomic E-state index is 0.213. The Hall–Kier alpha value is -0.920. The third-order valence-corrected chi connectivity index (χ3v) is 2.86. The van der Waals surface area contributed by atoms with Gasteiger partial charge in [0.2, 0.25) is 0 Å². The van der Waals surface area contributed by atoms with E-state index in [1.807, 2.05) is 6.92 Å². The molecule has 1 atom stereocenters. The quantitative estimate of drug-likeness (QED) is 0.545. The lowest BCUT2D eigenvalue weighted by atomic mass is 9.84. The smallest absolute Gasteiger partial charge is 0.159 e. The van der Waals surface area contributed by atoms with Gasteiger partial charge in [0.15, 0.2) is 11.6 Å². The molecule has 0 saturated heterocycles. The van der Waals surface area contributed by atoms with Crippen molar-refractivity contribution < 1.29 is 9.59 Å². The Kier molecular flexibility index (Phi) is 1.63. The van der Waals surface area contributed by atoms with Crippen LogP contribution in [0.3, 0.4) is 0 Å². The molecule has 64 valence electrons. The first-order valence-corrected chi connectivity index (χ1v) is 4.49. The molecule has 2 nitrogen and oxygen atoms in total. The fourth-order valence-corrected chi connectivity index (χ4v) is 2.18. The third kappa shape index (κ3) is 0.942. The summed E-state index contributed by atoms with van der Waals surface area (Å²) in [6.45, 7) is 2.05. The summed E-state index contributed by atoms with van der Waals surface area (Å²) in [6, 6.07) is 0. The zero-order valence-corrected chi connectivity index (χ0v) is 7.22. The molecule has 2 rings (SSSR count). The summed E-state index contributed by atoms with van der Waals surface area (Å²) in [5.41, 5.74) is 1.70. The molecule has 12 heavy (non-hydrogen) atoms. The summed E-state index contributed by atoms with van der Waals surface area (Å²) in [5.74, 6) is 0.757. The molecule has 0 saturated carbocycles. The van der Waals surface area contributed by atoms with Crippen LogP contribution in [0.15, 0.2) is 11.1 Å². The summed E-state index contributed by atoms with van der Waals surface area (Å²) in [6.07, 6.45) is 2.79. The number of carbonyl (C=O) groups excluding carboxylic acids is 2. The van der Waals surface area contributed by atoms with Gasteiger partial charge < -0.3 is 0 Å². The van der Waals surface area contributed by atoms with E-state index in [-0.39, 0.29) is 11.6 Å². The van der Waals surface area contributed by atoms with Crippen LogP contribution >= 0.6 is 0 Å². The minimum Gasteiger partial charge on any atom is -0.295 e. The Morgan fingerprint density at radius 3 is 2.50 bits per heavy atom. The van der Waals surface area contributed by atoms with Gasteiger partial charge in [-0.05, 0) is 18.8 Å². The molecule has 0 fully saturated rings. The van der Waals surface area contributed by atoms with Crippen LogP contribution in [0, 0.1) is 5.92 Å². The standard InChI is InChI=1S/C10H12O2/c1-6-2-4-8(11)7-3-5-9(12)10(6)7/h6H,2-5H2,1H3/t6-/m0/s1. The van der Waals surface area contributed by atoms with E-state index in [0.29, 0.717) is 25.2 Å². The maximum atomic E-state index is 11.4. The van der Waals surface area contributed by atoms with Crippen molar-refractivity contribution in [3.8, 4) is 0 Å². The van der Waals surface area contributed by atoms with Gasteiger partial charge in [0.25, 0.3) is 0 Å². The van der Waals surface area contributed by atoms with Crippen molar-refractivity contribution >= 4 is 11.6 Å². The molecule has 0 aromatic carbocycles. The first-order chi connectivity index (χ1) is 5.70. The first kappa shape index (κ1) is 7.71. The van der Waals surface area contributed by atoms with E-state index in [4.69, 9.17) is 0 Å². The maximum absolute atomic E-state index is 11.4. The Morgan fingerprint density at radius 1 is 1.08 bits per heavy atom.